The number of nitrogens with zero attached hydrogens (tertiary/aromatic N) is 5. The van der Waals surface area contributed by atoms with Crippen LogP contribution in [0.5, 0.6) is 5.75 Å². The van der Waals surface area contributed by atoms with Crippen molar-refractivity contribution in [1.29, 1.82) is 0 Å². The zero-order valence-corrected chi connectivity index (χ0v) is 13.9. The van der Waals surface area contributed by atoms with Gasteiger partial charge in [0.05, 0.1) is 4.88 Å². The molecule has 4 heterocycles. The number of fused-ring (bicyclic) bond motifs is 2. The molecule has 0 radical (unpaired) electrons. The topological polar surface area (TPSA) is 122 Å². The molecule has 0 saturated carbocycles. The summed E-state index contributed by atoms with van der Waals surface area (Å²) < 4.78 is 1.58. The largest absolute Gasteiger partial charge is 0.508 e. The lowest BCUT2D eigenvalue weighted by Crippen LogP contribution is -2.29. The van der Waals surface area contributed by atoms with Gasteiger partial charge in [0.25, 0.3) is 5.56 Å². The lowest BCUT2D eigenvalue weighted by molar-refractivity contribution is 0.472. The molecule has 1 aromatic carbocycles. The number of rotatable bonds is 2. The molecule has 0 bridgehead atoms. The molecule has 0 spiro atoms. The van der Waals surface area contributed by atoms with Crippen molar-refractivity contribution in [3.63, 3.8) is 0 Å². The molecule has 1 aliphatic heterocycles. The molecular formula is C16H11N7O2S. The maximum Gasteiger partial charge on any atom is 0.288 e. The second kappa shape index (κ2) is 5.49. The highest BCUT2D eigenvalue weighted by Gasteiger charge is 2.34. The smallest absolute Gasteiger partial charge is 0.288 e. The second-order valence-electron chi connectivity index (χ2n) is 5.74. The fourth-order valence-electron chi connectivity index (χ4n) is 3.14. The van der Waals surface area contributed by atoms with Crippen LogP contribution in [0, 0.1) is 0 Å². The van der Waals surface area contributed by atoms with E-state index >= 15 is 0 Å². The number of tetrazole rings is 1. The molecule has 128 valence electrons. The Morgan fingerprint density at radius 3 is 2.96 bits per heavy atom. The van der Waals surface area contributed by atoms with Crippen molar-refractivity contribution in [1.82, 2.24) is 30.4 Å². The quantitative estimate of drug-likeness (QED) is 0.437. The predicted molar refractivity (Wildman–Crippen MR) is 94.6 cm³/mol. The molecule has 9 nitrogen and oxygen atoms in total. The maximum absolute atomic E-state index is 12.5. The van der Waals surface area contributed by atoms with Gasteiger partial charge in [-0.3, -0.25) is 4.79 Å². The van der Waals surface area contributed by atoms with Crippen LogP contribution in [0.25, 0.3) is 10.6 Å². The summed E-state index contributed by atoms with van der Waals surface area (Å²) in [7, 11) is 0. The Labute approximate surface area is 149 Å². The van der Waals surface area contributed by atoms with Gasteiger partial charge in [-0.15, -0.1) is 11.3 Å². The van der Waals surface area contributed by atoms with Crippen LogP contribution in [0.3, 0.4) is 0 Å². The van der Waals surface area contributed by atoms with E-state index in [0.717, 1.165) is 10.4 Å². The van der Waals surface area contributed by atoms with E-state index in [1.807, 2.05) is 23.6 Å². The zero-order chi connectivity index (χ0) is 17.7. The first-order valence-electron chi connectivity index (χ1n) is 7.72. The normalized spacial score (nSPS) is 15.2. The Balaban J connectivity index is 1.85. The third-order valence-corrected chi connectivity index (χ3v) is 5.09. The fourth-order valence-corrected chi connectivity index (χ4v) is 3.87. The minimum atomic E-state index is -0.504. The molecule has 0 unspecified atom stereocenters. The average molecular weight is 365 g/mol. The van der Waals surface area contributed by atoms with Crippen LogP contribution in [0.4, 0.5) is 11.6 Å². The summed E-state index contributed by atoms with van der Waals surface area (Å²) in [4.78, 5) is 13.4. The molecule has 3 aromatic heterocycles. The Kier molecular flexibility index (Phi) is 3.12. The van der Waals surface area contributed by atoms with Crippen molar-refractivity contribution >= 4 is 23.0 Å². The van der Waals surface area contributed by atoms with E-state index in [-0.39, 0.29) is 11.3 Å². The van der Waals surface area contributed by atoms with Gasteiger partial charge in [0, 0.05) is 5.56 Å². The van der Waals surface area contributed by atoms with Gasteiger partial charge in [-0.2, -0.15) is 9.78 Å². The number of benzene rings is 1. The van der Waals surface area contributed by atoms with E-state index in [9.17, 15) is 9.90 Å². The van der Waals surface area contributed by atoms with Crippen LogP contribution in [-0.2, 0) is 0 Å². The second-order valence-corrected chi connectivity index (χ2v) is 6.68. The summed E-state index contributed by atoms with van der Waals surface area (Å²) in [5.74, 6) is 0.465. The SMILES string of the molecule is O=c1[nH]nc(-c2cccs2)c2c1Nc1nnnn1[C@@H]2c1cccc(O)c1. The molecule has 26 heavy (non-hydrogen) atoms. The first kappa shape index (κ1) is 14.8. The molecule has 1 aliphatic rings. The molecule has 5 rings (SSSR count). The highest BCUT2D eigenvalue weighted by molar-refractivity contribution is 7.13. The number of anilines is 2. The predicted octanol–water partition coefficient (Wildman–Crippen LogP) is 1.89. The number of hydrogen-bond acceptors (Lipinski definition) is 8. The summed E-state index contributed by atoms with van der Waals surface area (Å²) in [6, 6.07) is 10.1. The van der Waals surface area contributed by atoms with Gasteiger partial charge in [-0.1, -0.05) is 23.3 Å². The molecule has 1 atom stereocenters. The van der Waals surface area contributed by atoms with Crippen molar-refractivity contribution in [2.24, 2.45) is 0 Å². The number of H-pyrrole nitrogens is 1. The van der Waals surface area contributed by atoms with Crippen LogP contribution in [0.15, 0.2) is 46.6 Å². The number of phenolic OH excluding ortho intramolecular Hbond substituents is 1. The highest BCUT2D eigenvalue weighted by atomic mass is 32.1. The van der Waals surface area contributed by atoms with Crippen LogP contribution >= 0.6 is 11.3 Å². The summed E-state index contributed by atoms with van der Waals surface area (Å²) in [5, 5.41) is 33.4. The highest BCUT2D eigenvalue weighted by Crippen LogP contribution is 2.42. The van der Waals surface area contributed by atoms with E-state index in [0.29, 0.717) is 22.9 Å². The van der Waals surface area contributed by atoms with E-state index in [1.165, 1.54) is 11.3 Å². The minimum Gasteiger partial charge on any atom is -0.508 e. The molecule has 4 aromatic rings. The Morgan fingerprint density at radius 1 is 1.23 bits per heavy atom. The maximum atomic E-state index is 12.5. The molecule has 0 saturated heterocycles. The molecule has 0 aliphatic carbocycles. The van der Waals surface area contributed by atoms with E-state index in [2.05, 4.69) is 31.0 Å². The van der Waals surface area contributed by atoms with Crippen molar-refractivity contribution in [2.45, 2.75) is 6.04 Å². The summed E-state index contributed by atoms with van der Waals surface area (Å²) in [5.41, 5.74) is 2.02. The number of nitrogens with one attached hydrogen (secondary N) is 2. The standard InChI is InChI=1S/C16H11N7O2S/c24-9-4-1-3-8(7-9)14-11-12(10-5-2-6-26-10)18-19-15(25)13(11)17-16-20-21-22-23(14)16/h1-7,14,24H,(H,19,25)(H,17,20,22)/t14-/m1/s1. The van der Waals surface area contributed by atoms with Crippen molar-refractivity contribution in [3.8, 4) is 16.3 Å². The number of aromatic hydroxyl groups is 1. The van der Waals surface area contributed by atoms with Gasteiger partial charge in [0.2, 0.25) is 5.95 Å². The number of phenols is 1. The van der Waals surface area contributed by atoms with Gasteiger partial charge in [0.1, 0.15) is 23.2 Å². The lowest BCUT2D eigenvalue weighted by Gasteiger charge is -2.27. The van der Waals surface area contributed by atoms with Crippen LogP contribution in [0.2, 0.25) is 0 Å². The fraction of sp³-hybridized carbons (Fsp3) is 0.0625. The molecule has 0 amide bonds. The Morgan fingerprint density at radius 2 is 2.15 bits per heavy atom. The minimum absolute atomic E-state index is 0.118. The number of hydrogen-bond donors (Lipinski definition) is 3. The van der Waals surface area contributed by atoms with Gasteiger partial charge < -0.3 is 10.4 Å². The van der Waals surface area contributed by atoms with Gasteiger partial charge >= 0.3 is 0 Å². The third kappa shape index (κ3) is 2.12. The third-order valence-electron chi connectivity index (χ3n) is 4.21. The number of aromatic nitrogens is 6. The van der Waals surface area contributed by atoms with Crippen molar-refractivity contribution in [3.05, 3.63) is 63.3 Å². The Hall–Kier alpha value is -3.53. The van der Waals surface area contributed by atoms with Gasteiger partial charge in [-0.25, -0.2) is 5.10 Å². The summed E-state index contributed by atoms with van der Waals surface area (Å²) >= 11 is 1.52. The van der Waals surface area contributed by atoms with Crippen molar-refractivity contribution in [2.75, 3.05) is 5.32 Å². The molecule has 10 heteroatoms. The van der Waals surface area contributed by atoms with Crippen LogP contribution in [0.1, 0.15) is 17.2 Å². The van der Waals surface area contributed by atoms with Gasteiger partial charge in [0.15, 0.2) is 0 Å². The average Bonchev–Trinajstić information content (AvgIpc) is 3.32. The Bertz CT molecular complexity index is 1170. The van der Waals surface area contributed by atoms with Crippen LogP contribution < -0.4 is 10.9 Å². The monoisotopic (exact) mass is 365 g/mol. The van der Waals surface area contributed by atoms with Crippen LogP contribution in [-0.4, -0.2) is 35.5 Å². The number of aromatic amines is 1. The van der Waals surface area contributed by atoms with Gasteiger partial charge in [-0.05, 0) is 39.6 Å². The molecular weight excluding hydrogens is 354 g/mol. The molecule has 0 fully saturated rings. The lowest BCUT2D eigenvalue weighted by atomic mass is 9.94. The van der Waals surface area contributed by atoms with Crippen molar-refractivity contribution < 1.29 is 5.11 Å². The van der Waals surface area contributed by atoms with E-state index in [1.54, 1.807) is 22.9 Å². The first-order chi connectivity index (χ1) is 12.7. The number of thiophene rings is 1. The first-order valence-corrected chi connectivity index (χ1v) is 8.60. The summed E-state index contributed by atoms with van der Waals surface area (Å²) in [6.45, 7) is 0. The summed E-state index contributed by atoms with van der Waals surface area (Å²) in [6.07, 6.45) is 0. The molecule has 3 N–H and O–H groups in total. The zero-order valence-electron chi connectivity index (χ0n) is 13.1. The van der Waals surface area contributed by atoms with E-state index < -0.39 is 6.04 Å². The van der Waals surface area contributed by atoms with E-state index in [4.69, 9.17) is 0 Å².